The van der Waals surface area contributed by atoms with E-state index >= 15 is 0 Å². The van der Waals surface area contributed by atoms with Crippen molar-refractivity contribution < 1.29 is 24.2 Å². The van der Waals surface area contributed by atoms with Crippen LogP contribution in [0.15, 0.2) is 0 Å². The van der Waals surface area contributed by atoms with E-state index in [-0.39, 0.29) is 18.5 Å². The van der Waals surface area contributed by atoms with Crippen molar-refractivity contribution in [1.82, 2.24) is 0 Å². The fraction of sp³-hybridized carbons (Fsp3) is 0.778. The van der Waals surface area contributed by atoms with E-state index in [1.807, 2.05) is 0 Å². The number of methoxy groups -OCH3 is 1. The molecule has 0 atom stereocenters. The summed E-state index contributed by atoms with van der Waals surface area (Å²) in [4.78, 5) is 20.3. The zero-order valence-corrected chi connectivity index (χ0v) is 8.32. The Morgan fingerprint density at radius 1 is 1.64 bits per heavy atom. The van der Waals surface area contributed by atoms with Gasteiger partial charge in [0.05, 0.1) is 13.7 Å². The van der Waals surface area contributed by atoms with Crippen molar-refractivity contribution in [3.8, 4) is 0 Å². The van der Waals surface area contributed by atoms with Gasteiger partial charge in [-0.15, -0.1) is 0 Å². The predicted molar refractivity (Wildman–Crippen MR) is 48.5 cm³/mol. The Labute approximate surface area is 83.0 Å². The third-order valence-corrected chi connectivity index (χ3v) is 1.55. The number of aliphatic hydroxyl groups excluding tert-OH is 1. The number of ether oxygens (including phenoxy) is 2. The van der Waals surface area contributed by atoms with Crippen LogP contribution in [0.2, 0.25) is 0 Å². The molecule has 0 aromatic heterocycles. The molecule has 0 spiro atoms. The molecule has 0 radical (unpaired) electrons. The molecular weight excluding hydrogens is 188 g/mol. The van der Waals surface area contributed by atoms with Gasteiger partial charge in [-0.05, 0) is 12.8 Å². The van der Waals surface area contributed by atoms with Crippen molar-refractivity contribution in [2.75, 3.05) is 20.3 Å². The largest absolute Gasteiger partial charge is 0.469 e. The Morgan fingerprint density at radius 3 is 2.64 bits per heavy atom. The van der Waals surface area contributed by atoms with Crippen LogP contribution in [0.3, 0.4) is 0 Å². The maximum Gasteiger partial charge on any atom is 0.305 e. The van der Waals surface area contributed by atoms with Crippen LogP contribution in [-0.2, 0) is 19.1 Å². The van der Waals surface area contributed by atoms with E-state index in [1.54, 1.807) is 0 Å². The van der Waals surface area contributed by atoms with Gasteiger partial charge in [0.1, 0.15) is 0 Å². The maximum atomic E-state index is 10.2. The first kappa shape index (κ1) is 12.9. The van der Waals surface area contributed by atoms with Gasteiger partial charge in [-0.1, -0.05) is 0 Å². The second kappa shape index (κ2) is 8.50. The molecule has 1 heterocycles. The number of hydrogen-bond acceptors (Lipinski definition) is 5. The van der Waals surface area contributed by atoms with Crippen LogP contribution in [0.4, 0.5) is 0 Å². The van der Waals surface area contributed by atoms with Gasteiger partial charge in [-0.2, -0.15) is 0 Å². The van der Waals surface area contributed by atoms with E-state index in [1.165, 1.54) is 7.11 Å². The third kappa shape index (κ3) is 7.54. The fourth-order valence-electron chi connectivity index (χ4n) is 0.800. The van der Waals surface area contributed by atoms with Crippen LogP contribution >= 0.6 is 0 Å². The summed E-state index contributed by atoms with van der Waals surface area (Å²) in [5.41, 5.74) is 0. The fourth-order valence-corrected chi connectivity index (χ4v) is 0.800. The van der Waals surface area contributed by atoms with Gasteiger partial charge in [0.25, 0.3) is 0 Å². The Morgan fingerprint density at radius 2 is 2.36 bits per heavy atom. The minimum absolute atomic E-state index is 0.0463. The molecule has 0 aromatic carbocycles. The van der Waals surface area contributed by atoms with Crippen molar-refractivity contribution in [2.45, 2.75) is 25.7 Å². The highest BCUT2D eigenvalue weighted by atomic mass is 16.5. The molecule has 0 saturated carbocycles. The molecule has 0 bridgehead atoms. The highest BCUT2D eigenvalue weighted by Gasteiger charge is 2.08. The summed E-state index contributed by atoms with van der Waals surface area (Å²) >= 11 is 0. The van der Waals surface area contributed by atoms with Gasteiger partial charge in [0.2, 0.25) is 0 Å². The van der Waals surface area contributed by atoms with Crippen LogP contribution in [0.1, 0.15) is 25.7 Å². The highest BCUT2D eigenvalue weighted by molar-refractivity contribution is 5.70. The van der Waals surface area contributed by atoms with Gasteiger partial charge in [-0.3, -0.25) is 9.59 Å². The lowest BCUT2D eigenvalue weighted by molar-refractivity contribution is -0.141. The van der Waals surface area contributed by atoms with Crippen molar-refractivity contribution in [3.63, 3.8) is 0 Å². The predicted octanol–water partition coefficient (Wildman–Crippen LogP) is 0.255. The number of esters is 2. The summed E-state index contributed by atoms with van der Waals surface area (Å²) in [7, 11) is 1.33. The third-order valence-electron chi connectivity index (χ3n) is 1.55. The summed E-state index contributed by atoms with van der Waals surface area (Å²) in [6, 6.07) is 0. The molecular formula is C9H16O5. The molecule has 82 valence electrons. The Bertz CT molecular complexity index is 170. The summed E-state index contributed by atoms with van der Waals surface area (Å²) in [5, 5.41) is 8.20. The first-order valence-electron chi connectivity index (χ1n) is 4.54. The summed E-state index contributed by atoms with van der Waals surface area (Å²) in [5.74, 6) is -0.311. The number of carbonyl (C=O) groups is 2. The van der Waals surface area contributed by atoms with E-state index in [0.29, 0.717) is 25.9 Å². The van der Waals surface area contributed by atoms with Crippen molar-refractivity contribution in [2.24, 2.45) is 0 Å². The standard InChI is InChI=1S/C5H10O3.C4H6O2/c1-8-5(7)3-2-4-6;5-4-2-1-3-6-4/h6H,2-4H2,1H3;1-3H2. The Hall–Kier alpha value is -1.10. The van der Waals surface area contributed by atoms with E-state index in [4.69, 9.17) is 5.11 Å². The molecule has 14 heavy (non-hydrogen) atoms. The second-order valence-corrected chi connectivity index (χ2v) is 2.73. The molecule has 1 aliphatic heterocycles. The molecule has 1 rings (SSSR count). The second-order valence-electron chi connectivity index (χ2n) is 2.73. The number of aliphatic hydroxyl groups is 1. The van der Waals surface area contributed by atoms with E-state index in [9.17, 15) is 9.59 Å². The van der Waals surface area contributed by atoms with Crippen molar-refractivity contribution >= 4 is 11.9 Å². The normalized spacial score (nSPS) is 14.0. The lowest BCUT2D eigenvalue weighted by atomic mass is 10.3. The van der Waals surface area contributed by atoms with Crippen molar-refractivity contribution in [3.05, 3.63) is 0 Å². The molecule has 1 aliphatic rings. The quantitative estimate of drug-likeness (QED) is 0.667. The number of cyclic esters (lactones) is 1. The Kier molecular flexibility index (Phi) is 7.83. The smallest absolute Gasteiger partial charge is 0.305 e. The average molecular weight is 204 g/mol. The maximum absolute atomic E-state index is 10.2. The van der Waals surface area contributed by atoms with Gasteiger partial charge in [0.15, 0.2) is 0 Å². The zero-order chi connectivity index (χ0) is 10.8. The topological polar surface area (TPSA) is 72.8 Å². The Balaban J connectivity index is 0.000000249. The van der Waals surface area contributed by atoms with Crippen LogP contribution in [-0.4, -0.2) is 37.4 Å². The number of carbonyl (C=O) groups excluding carboxylic acids is 2. The van der Waals surface area contributed by atoms with Gasteiger partial charge < -0.3 is 14.6 Å². The molecule has 5 heteroatoms. The molecule has 5 nitrogen and oxygen atoms in total. The molecule has 0 aliphatic carbocycles. The van der Waals surface area contributed by atoms with Gasteiger partial charge in [0, 0.05) is 19.4 Å². The molecule has 1 saturated heterocycles. The minimum atomic E-state index is -0.265. The molecule has 1 fully saturated rings. The van der Waals surface area contributed by atoms with Crippen molar-refractivity contribution in [1.29, 1.82) is 0 Å². The number of hydrogen-bond donors (Lipinski definition) is 1. The van der Waals surface area contributed by atoms with Crippen LogP contribution in [0.5, 0.6) is 0 Å². The summed E-state index contributed by atoms with van der Waals surface area (Å²) in [6.45, 7) is 0.688. The summed E-state index contributed by atoms with van der Waals surface area (Å²) < 4.78 is 8.82. The monoisotopic (exact) mass is 204 g/mol. The molecule has 0 amide bonds. The van der Waals surface area contributed by atoms with Crippen LogP contribution in [0.25, 0.3) is 0 Å². The first-order valence-corrected chi connectivity index (χ1v) is 4.54. The summed E-state index contributed by atoms with van der Waals surface area (Å²) in [6.07, 6.45) is 2.35. The lowest BCUT2D eigenvalue weighted by Crippen LogP contribution is -2.00. The van der Waals surface area contributed by atoms with E-state index in [2.05, 4.69) is 9.47 Å². The highest BCUT2D eigenvalue weighted by Crippen LogP contribution is 2.01. The van der Waals surface area contributed by atoms with Crippen LogP contribution in [0, 0.1) is 0 Å². The van der Waals surface area contributed by atoms with Gasteiger partial charge in [-0.25, -0.2) is 0 Å². The molecule has 0 unspecified atom stereocenters. The lowest BCUT2D eigenvalue weighted by Gasteiger charge is -1.93. The average Bonchev–Trinajstić information content (AvgIpc) is 2.66. The first-order chi connectivity index (χ1) is 6.70. The molecule has 0 aromatic rings. The zero-order valence-electron chi connectivity index (χ0n) is 8.32. The van der Waals surface area contributed by atoms with Gasteiger partial charge >= 0.3 is 11.9 Å². The number of rotatable bonds is 3. The SMILES string of the molecule is COC(=O)CCCO.O=C1CCCO1. The minimum Gasteiger partial charge on any atom is -0.469 e. The van der Waals surface area contributed by atoms with E-state index < -0.39 is 0 Å². The molecule has 1 N–H and O–H groups in total. The van der Waals surface area contributed by atoms with Crippen LogP contribution < -0.4 is 0 Å². The van der Waals surface area contributed by atoms with E-state index in [0.717, 1.165) is 6.42 Å².